The molecular formula is C17H20ClNOS. The first-order valence-corrected chi connectivity index (χ1v) is 8.94. The summed E-state index contributed by atoms with van der Waals surface area (Å²) in [6.45, 7) is 1.59. The van der Waals surface area contributed by atoms with Crippen LogP contribution in [0.4, 0.5) is 0 Å². The van der Waals surface area contributed by atoms with Crippen molar-refractivity contribution in [3.05, 3.63) is 40.9 Å². The third-order valence-electron chi connectivity index (χ3n) is 3.96. The molecule has 1 aliphatic carbocycles. The number of alkyl halides is 1. The summed E-state index contributed by atoms with van der Waals surface area (Å²) >= 11 is 7.46. The van der Waals surface area contributed by atoms with Crippen LogP contribution in [0.3, 0.4) is 0 Å². The van der Waals surface area contributed by atoms with Crippen molar-refractivity contribution in [2.75, 3.05) is 6.61 Å². The number of benzene rings is 1. The van der Waals surface area contributed by atoms with Crippen molar-refractivity contribution in [2.45, 2.75) is 38.2 Å². The molecule has 2 nitrogen and oxygen atoms in total. The summed E-state index contributed by atoms with van der Waals surface area (Å²) in [5.74, 6) is 1.25. The van der Waals surface area contributed by atoms with Gasteiger partial charge >= 0.3 is 0 Å². The SMILES string of the molecule is ClCc1csc(-c2cccc(COCC3CCCC3)c2)n1. The third kappa shape index (κ3) is 4.06. The smallest absolute Gasteiger partial charge is 0.123 e. The quantitative estimate of drug-likeness (QED) is 0.677. The lowest BCUT2D eigenvalue weighted by molar-refractivity contribution is 0.0889. The molecular weight excluding hydrogens is 302 g/mol. The first-order valence-electron chi connectivity index (χ1n) is 7.52. The van der Waals surface area contributed by atoms with Gasteiger partial charge in [-0.1, -0.05) is 31.0 Å². The maximum atomic E-state index is 5.88. The van der Waals surface area contributed by atoms with Crippen molar-refractivity contribution in [1.29, 1.82) is 0 Å². The van der Waals surface area contributed by atoms with Crippen LogP contribution in [0.15, 0.2) is 29.6 Å². The Hall–Kier alpha value is -0.900. The third-order valence-corrected chi connectivity index (χ3v) is 5.17. The van der Waals surface area contributed by atoms with Gasteiger partial charge in [-0.2, -0.15) is 0 Å². The number of ether oxygens (including phenoxy) is 1. The zero-order valence-corrected chi connectivity index (χ0v) is 13.6. The molecule has 0 spiro atoms. The van der Waals surface area contributed by atoms with E-state index in [1.807, 2.05) is 5.38 Å². The molecule has 0 unspecified atom stereocenters. The molecule has 1 aromatic heterocycles. The minimum Gasteiger partial charge on any atom is -0.376 e. The first-order chi connectivity index (χ1) is 10.3. The lowest BCUT2D eigenvalue weighted by Crippen LogP contribution is -2.05. The van der Waals surface area contributed by atoms with E-state index in [9.17, 15) is 0 Å². The van der Waals surface area contributed by atoms with Crippen molar-refractivity contribution >= 4 is 22.9 Å². The van der Waals surface area contributed by atoms with Crippen molar-refractivity contribution in [3.8, 4) is 10.6 Å². The molecule has 1 aromatic carbocycles. The number of rotatable bonds is 6. The second kappa shape index (κ2) is 7.39. The van der Waals surface area contributed by atoms with E-state index in [1.54, 1.807) is 11.3 Å². The van der Waals surface area contributed by atoms with Crippen molar-refractivity contribution in [3.63, 3.8) is 0 Å². The summed E-state index contributed by atoms with van der Waals surface area (Å²) in [6, 6.07) is 8.46. The molecule has 0 N–H and O–H groups in total. The largest absolute Gasteiger partial charge is 0.376 e. The van der Waals surface area contributed by atoms with E-state index in [0.29, 0.717) is 12.5 Å². The molecule has 1 saturated carbocycles. The predicted molar refractivity (Wildman–Crippen MR) is 88.7 cm³/mol. The molecule has 4 heteroatoms. The van der Waals surface area contributed by atoms with Crippen LogP contribution in [0.1, 0.15) is 36.9 Å². The van der Waals surface area contributed by atoms with Crippen molar-refractivity contribution in [2.24, 2.45) is 5.92 Å². The molecule has 1 fully saturated rings. The van der Waals surface area contributed by atoms with Gasteiger partial charge in [-0.15, -0.1) is 22.9 Å². The highest BCUT2D eigenvalue weighted by Crippen LogP contribution is 2.27. The number of aromatic nitrogens is 1. The molecule has 21 heavy (non-hydrogen) atoms. The van der Waals surface area contributed by atoms with Gasteiger partial charge < -0.3 is 4.74 Å². The van der Waals surface area contributed by atoms with Crippen LogP contribution in [0.2, 0.25) is 0 Å². The second-order valence-corrected chi connectivity index (χ2v) is 6.77. The standard InChI is InChI=1S/C17H20ClNOS/c18-9-16-12-21-17(19-16)15-7-3-6-14(8-15)11-20-10-13-4-1-2-5-13/h3,6-8,12-13H,1-2,4-5,9-11H2. The van der Waals surface area contributed by atoms with E-state index < -0.39 is 0 Å². The fraction of sp³-hybridized carbons (Fsp3) is 0.471. The summed E-state index contributed by atoms with van der Waals surface area (Å²) in [7, 11) is 0. The molecule has 1 heterocycles. The number of halogens is 1. The van der Waals surface area contributed by atoms with Gasteiger partial charge in [0.05, 0.1) is 18.2 Å². The van der Waals surface area contributed by atoms with Crippen molar-refractivity contribution in [1.82, 2.24) is 4.98 Å². The molecule has 0 bridgehead atoms. The summed E-state index contributed by atoms with van der Waals surface area (Å²) in [6.07, 6.45) is 5.41. The Morgan fingerprint density at radius 2 is 2.14 bits per heavy atom. The number of hydrogen-bond donors (Lipinski definition) is 0. The summed E-state index contributed by atoms with van der Waals surface area (Å²) in [5.41, 5.74) is 3.31. The van der Waals surface area contributed by atoms with E-state index in [2.05, 4.69) is 29.2 Å². The second-order valence-electron chi connectivity index (χ2n) is 5.64. The Morgan fingerprint density at radius 1 is 1.29 bits per heavy atom. The Bertz CT molecular complexity index is 578. The lowest BCUT2D eigenvalue weighted by Gasteiger charge is -2.10. The highest BCUT2D eigenvalue weighted by Gasteiger charge is 2.14. The molecule has 1 aliphatic rings. The van der Waals surface area contributed by atoms with E-state index in [-0.39, 0.29) is 0 Å². The molecule has 2 aromatic rings. The maximum Gasteiger partial charge on any atom is 0.123 e. The molecule has 3 rings (SSSR count). The van der Waals surface area contributed by atoms with Crippen molar-refractivity contribution < 1.29 is 4.74 Å². The highest BCUT2D eigenvalue weighted by atomic mass is 35.5. The van der Waals surface area contributed by atoms with Gasteiger partial charge in [-0.25, -0.2) is 4.98 Å². The molecule has 0 radical (unpaired) electrons. The molecule has 0 atom stereocenters. The normalized spacial score (nSPS) is 15.7. The van der Waals surface area contributed by atoms with Crippen LogP contribution in [-0.4, -0.2) is 11.6 Å². The van der Waals surface area contributed by atoms with Gasteiger partial charge in [0.25, 0.3) is 0 Å². The highest BCUT2D eigenvalue weighted by molar-refractivity contribution is 7.13. The Kier molecular flexibility index (Phi) is 5.28. The Morgan fingerprint density at radius 3 is 2.90 bits per heavy atom. The van der Waals surface area contributed by atoms with Gasteiger partial charge in [-0.05, 0) is 30.4 Å². The first kappa shape index (κ1) is 15.0. The van der Waals surface area contributed by atoms with E-state index in [0.717, 1.165) is 28.8 Å². The molecule has 0 amide bonds. The van der Waals surface area contributed by atoms with E-state index in [1.165, 1.54) is 31.2 Å². The number of thiazole rings is 1. The van der Waals surface area contributed by atoms with E-state index in [4.69, 9.17) is 16.3 Å². The predicted octanol–water partition coefficient (Wildman–Crippen LogP) is 5.26. The van der Waals surface area contributed by atoms with Gasteiger partial charge in [0.1, 0.15) is 5.01 Å². The van der Waals surface area contributed by atoms with Crippen LogP contribution in [0.25, 0.3) is 10.6 Å². The molecule has 0 saturated heterocycles. The lowest BCUT2D eigenvalue weighted by atomic mass is 10.1. The Balaban J connectivity index is 1.59. The number of hydrogen-bond acceptors (Lipinski definition) is 3. The summed E-state index contributed by atoms with van der Waals surface area (Å²) in [5, 5.41) is 3.05. The fourth-order valence-corrected chi connectivity index (χ4v) is 3.86. The van der Waals surface area contributed by atoms with Crippen LogP contribution in [0, 0.1) is 5.92 Å². The topological polar surface area (TPSA) is 22.1 Å². The zero-order valence-electron chi connectivity index (χ0n) is 12.1. The van der Waals surface area contributed by atoms with Crippen LogP contribution in [-0.2, 0) is 17.2 Å². The summed E-state index contributed by atoms with van der Waals surface area (Å²) in [4.78, 5) is 4.53. The van der Waals surface area contributed by atoms with Crippen LogP contribution < -0.4 is 0 Å². The van der Waals surface area contributed by atoms with Gasteiger partial charge in [0, 0.05) is 17.6 Å². The minimum absolute atomic E-state index is 0.473. The fourth-order valence-electron chi connectivity index (χ4n) is 2.82. The Labute approximate surface area is 135 Å². The minimum atomic E-state index is 0.473. The number of nitrogens with zero attached hydrogens (tertiary/aromatic N) is 1. The van der Waals surface area contributed by atoms with Crippen LogP contribution in [0.5, 0.6) is 0 Å². The van der Waals surface area contributed by atoms with E-state index >= 15 is 0 Å². The van der Waals surface area contributed by atoms with Gasteiger partial charge in [0.2, 0.25) is 0 Å². The average Bonchev–Trinajstić information content (AvgIpc) is 3.19. The zero-order chi connectivity index (χ0) is 14.5. The summed E-state index contributed by atoms with van der Waals surface area (Å²) < 4.78 is 5.88. The van der Waals surface area contributed by atoms with Crippen LogP contribution >= 0.6 is 22.9 Å². The van der Waals surface area contributed by atoms with Gasteiger partial charge in [0.15, 0.2) is 0 Å². The van der Waals surface area contributed by atoms with Gasteiger partial charge in [-0.3, -0.25) is 0 Å². The maximum absolute atomic E-state index is 5.88. The monoisotopic (exact) mass is 321 g/mol. The molecule has 112 valence electrons. The molecule has 0 aliphatic heterocycles. The average molecular weight is 322 g/mol.